The number of aromatic nitrogens is 1. The number of rotatable bonds is 7. The number of benzene rings is 3. The fourth-order valence-corrected chi connectivity index (χ4v) is 4.00. The van der Waals surface area contributed by atoms with E-state index >= 15 is 0 Å². The number of nitrogens with zero attached hydrogens (tertiary/aromatic N) is 2. The molecule has 0 spiro atoms. The highest BCUT2D eigenvalue weighted by Crippen LogP contribution is 2.28. The number of nitrogens with one attached hydrogen (secondary N) is 1. The van der Waals surface area contributed by atoms with Gasteiger partial charge in [0.15, 0.2) is 0 Å². The van der Waals surface area contributed by atoms with Gasteiger partial charge in [0.1, 0.15) is 16.6 Å². The molecule has 0 aliphatic carbocycles. The molecule has 0 aliphatic heterocycles. The molecule has 4 aromatic rings. The van der Waals surface area contributed by atoms with Gasteiger partial charge in [0.05, 0.1) is 17.9 Å². The average Bonchev–Trinajstić information content (AvgIpc) is 3.36. The molecule has 0 saturated heterocycles. The number of allylic oxidation sites excluding steroid dienone is 1. The maximum Gasteiger partial charge on any atom is 0.338 e. The minimum Gasteiger partial charge on any atom is -0.462 e. The van der Waals surface area contributed by atoms with E-state index in [2.05, 4.69) is 40.6 Å². The third-order valence-corrected chi connectivity index (χ3v) is 5.80. The van der Waals surface area contributed by atoms with Crippen molar-refractivity contribution in [3.8, 4) is 28.5 Å². The fraction of sp³-hybridized carbons (Fsp3) is 0.0741. The number of carbonyl (C=O) groups is 1. The van der Waals surface area contributed by atoms with Crippen LogP contribution in [0.4, 0.5) is 5.69 Å². The second-order valence-electron chi connectivity index (χ2n) is 7.09. The monoisotopic (exact) mass is 451 g/mol. The molecule has 0 saturated carbocycles. The smallest absolute Gasteiger partial charge is 0.338 e. The van der Waals surface area contributed by atoms with Crippen LogP contribution >= 0.6 is 11.3 Å². The summed E-state index contributed by atoms with van der Waals surface area (Å²) in [5.41, 5.74) is 5.80. The van der Waals surface area contributed by atoms with E-state index in [1.807, 2.05) is 35.7 Å². The molecular formula is C27H21N3O2S. The van der Waals surface area contributed by atoms with Crippen LogP contribution in [0.3, 0.4) is 0 Å². The van der Waals surface area contributed by atoms with Gasteiger partial charge < -0.3 is 10.1 Å². The Bertz CT molecular complexity index is 1300. The Hall–Kier alpha value is -4.21. The Labute approximate surface area is 196 Å². The summed E-state index contributed by atoms with van der Waals surface area (Å²) in [6.45, 7) is 2.10. The van der Waals surface area contributed by atoms with E-state index in [9.17, 15) is 10.1 Å². The van der Waals surface area contributed by atoms with Crippen LogP contribution < -0.4 is 5.32 Å². The van der Waals surface area contributed by atoms with Gasteiger partial charge >= 0.3 is 5.97 Å². The average molecular weight is 452 g/mol. The molecule has 1 aromatic heterocycles. The van der Waals surface area contributed by atoms with E-state index in [0.29, 0.717) is 22.8 Å². The Morgan fingerprint density at radius 2 is 1.67 bits per heavy atom. The lowest BCUT2D eigenvalue weighted by Gasteiger charge is -2.04. The molecular weight excluding hydrogens is 430 g/mol. The van der Waals surface area contributed by atoms with E-state index < -0.39 is 0 Å². The lowest BCUT2D eigenvalue weighted by Crippen LogP contribution is -2.04. The lowest BCUT2D eigenvalue weighted by molar-refractivity contribution is 0.0526. The topological polar surface area (TPSA) is 75.0 Å². The third kappa shape index (κ3) is 5.35. The minimum atomic E-state index is -0.357. The molecule has 162 valence electrons. The Morgan fingerprint density at radius 3 is 2.33 bits per heavy atom. The Morgan fingerprint density at radius 1 is 1.00 bits per heavy atom. The van der Waals surface area contributed by atoms with Crippen LogP contribution in [-0.2, 0) is 4.74 Å². The van der Waals surface area contributed by atoms with Crippen molar-refractivity contribution in [2.75, 3.05) is 11.9 Å². The van der Waals surface area contributed by atoms with Gasteiger partial charge in [0.2, 0.25) is 0 Å². The number of anilines is 1. The first-order valence-corrected chi connectivity index (χ1v) is 11.3. The molecule has 1 heterocycles. The van der Waals surface area contributed by atoms with Crippen LogP contribution in [0.25, 0.3) is 28.0 Å². The van der Waals surface area contributed by atoms with E-state index in [-0.39, 0.29) is 5.97 Å². The molecule has 0 amide bonds. The number of thiazole rings is 1. The first kappa shape index (κ1) is 22.0. The van der Waals surface area contributed by atoms with Gasteiger partial charge in [0, 0.05) is 22.8 Å². The van der Waals surface area contributed by atoms with Gasteiger partial charge in [-0.25, -0.2) is 9.78 Å². The van der Waals surface area contributed by atoms with Crippen LogP contribution in [0.1, 0.15) is 22.3 Å². The van der Waals surface area contributed by atoms with E-state index in [1.165, 1.54) is 16.9 Å². The molecule has 3 aromatic carbocycles. The maximum absolute atomic E-state index is 11.8. The summed E-state index contributed by atoms with van der Waals surface area (Å²) < 4.78 is 4.99. The van der Waals surface area contributed by atoms with Crippen molar-refractivity contribution < 1.29 is 9.53 Å². The highest BCUT2D eigenvalue weighted by atomic mass is 32.1. The summed E-state index contributed by atoms with van der Waals surface area (Å²) in [5.74, 6) is -0.357. The zero-order valence-corrected chi connectivity index (χ0v) is 18.8. The van der Waals surface area contributed by atoms with Crippen molar-refractivity contribution >= 4 is 28.6 Å². The van der Waals surface area contributed by atoms with Gasteiger partial charge in [-0.1, -0.05) is 54.6 Å². The standard InChI is InChI=1S/C27H21N3O2S/c1-2-32-27(31)22-12-14-24(15-13-22)29-17-23(16-28)26-30-25(18-33-26)21-10-8-20(9-11-21)19-6-4-3-5-7-19/h3-15,17-18,29H,2H2,1H3/b23-17+. The van der Waals surface area contributed by atoms with E-state index in [4.69, 9.17) is 4.74 Å². The van der Waals surface area contributed by atoms with Crippen molar-refractivity contribution in [1.29, 1.82) is 5.26 Å². The molecule has 0 bridgehead atoms. The predicted molar refractivity (Wildman–Crippen MR) is 133 cm³/mol. The zero-order chi connectivity index (χ0) is 23.0. The van der Waals surface area contributed by atoms with Crippen molar-refractivity contribution in [3.05, 3.63) is 101 Å². The molecule has 5 nitrogen and oxygen atoms in total. The van der Waals surface area contributed by atoms with Crippen LogP contribution in [0.15, 0.2) is 90.4 Å². The minimum absolute atomic E-state index is 0.333. The summed E-state index contributed by atoms with van der Waals surface area (Å²) in [4.78, 5) is 16.4. The number of hydrogen-bond donors (Lipinski definition) is 1. The molecule has 0 radical (unpaired) electrons. The van der Waals surface area contributed by atoms with Crippen LogP contribution in [0.2, 0.25) is 0 Å². The lowest BCUT2D eigenvalue weighted by atomic mass is 10.0. The van der Waals surface area contributed by atoms with Crippen molar-refractivity contribution in [1.82, 2.24) is 4.98 Å². The number of carbonyl (C=O) groups excluding carboxylic acids is 1. The Balaban J connectivity index is 1.47. The van der Waals surface area contributed by atoms with Gasteiger partial charge in [-0.05, 0) is 42.3 Å². The summed E-state index contributed by atoms with van der Waals surface area (Å²) in [5, 5.41) is 15.3. The molecule has 0 fully saturated rings. The number of esters is 1. The van der Waals surface area contributed by atoms with Gasteiger partial charge in [-0.2, -0.15) is 5.26 Å². The van der Waals surface area contributed by atoms with E-state index in [0.717, 1.165) is 22.5 Å². The zero-order valence-electron chi connectivity index (χ0n) is 18.0. The molecule has 0 atom stereocenters. The molecule has 0 unspecified atom stereocenters. The number of nitriles is 1. The summed E-state index contributed by atoms with van der Waals surface area (Å²) >= 11 is 1.42. The summed E-state index contributed by atoms with van der Waals surface area (Å²) in [7, 11) is 0. The van der Waals surface area contributed by atoms with Crippen molar-refractivity contribution in [3.63, 3.8) is 0 Å². The summed E-state index contributed by atoms with van der Waals surface area (Å²) in [6.07, 6.45) is 1.63. The number of hydrogen-bond acceptors (Lipinski definition) is 6. The second kappa shape index (κ2) is 10.4. The maximum atomic E-state index is 11.8. The second-order valence-corrected chi connectivity index (χ2v) is 7.95. The van der Waals surface area contributed by atoms with Gasteiger partial charge in [-0.3, -0.25) is 0 Å². The van der Waals surface area contributed by atoms with E-state index in [1.54, 1.807) is 37.4 Å². The first-order chi connectivity index (χ1) is 16.2. The molecule has 1 N–H and O–H groups in total. The highest BCUT2D eigenvalue weighted by molar-refractivity contribution is 7.11. The van der Waals surface area contributed by atoms with Crippen LogP contribution in [-0.4, -0.2) is 17.6 Å². The van der Waals surface area contributed by atoms with Crippen LogP contribution in [0, 0.1) is 11.3 Å². The molecule has 0 aliphatic rings. The summed E-state index contributed by atoms with van der Waals surface area (Å²) in [6, 6.07) is 27.5. The first-order valence-electron chi connectivity index (χ1n) is 10.4. The van der Waals surface area contributed by atoms with Gasteiger partial charge in [-0.15, -0.1) is 11.3 Å². The number of ether oxygens (including phenoxy) is 1. The SMILES string of the molecule is CCOC(=O)c1ccc(N/C=C(\C#N)c2nc(-c3ccc(-c4ccccc4)cc3)cs2)cc1. The third-order valence-electron chi connectivity index (χ3n) is 4.92. The predicted octanol–water partition coefficient (Wildman–Crippen LogP) is 6.63. The van der Waals surface area contributed by atoms with Crippen molar-refractivity contribution in [2.45, 2.75) is 6.92 Å². The van der Waals surface area contributed by atoms with Gasteiger partial charge in [0.25, 0.3) is 0 Å². The Kier molecular flexibility index (Phi) is 6.93. The quantitative estimate of drug-likeness (QED) is 0.252. The van der Waals surface area contributed by atoms with Crippen LogP contribution in [0.5, 0.6) is 0 Å². The molecule has 6 heteroatoms. The largest absolute Gasteiger partial charge is 0.462 e. The molecule has 4 rings (SSSR count). The normalized spacial score (nSPS) is 11.0. The molecule has 33 heavy (non-hydrogen) atoms. The fourth-order valence-electron chi connectivity index (χ4n) is 3.21. The highest BCUT2D eigenvalue weighted by Gasteiger charge is 2.10. The van der Waals surface area contributed by atoms with Crippen molar-refractivity contribution in [2.24, 2.45) is 0 Å².